The van der Waals surface area contributed by atoms with E-state index in [1.165, 1.54) is 21.2 Å². The molecule has 0 saturated carbocycles. The summed E-state index contributed by atoms with van der Waals surface area (Å²) in [6.45, 7) is 1.86. The fraction of sp³-hybridized carbons (Fsp3) is 0.125. The number of rotatable bonds is 4. The Morgan fingerprint density at radius 1 is 0.842 bits per heavy atom. The Balaban J connectivity index is 0.00000133. The van der Waals surface area contributed by atoms with Gasteiger partial charge in [-0.25, -0.2) is 0 Å². The van der Waals surface area contributed by atoms with Crippen LogP contribution in [-0.4, -0.2) is 0 Å². The van der Waals surface area contributed by atoms with Gasteiger partial charge in [0.1, 0.15) is 0 Å². The molecule has 0 bridgehead atoms. The second-order valence-electron chi connectivity index (χ2n) is 4.32. The van der Waals surface area contributed by atoms with E-state index in [0.29, 0.717) is 0 Å². The van der Waals surface area contributed by atoms with Crippen LogP contribution in [0.3, 0.4) is 0 Å². The average molecular weight is 289 g/mol. The molecule has 0 fully saturated rings. The smallest absolute Gasteiger partial charge is 0.0302 e. The zero-order valence-corrected chi connectivity index (χ0v) is 12.0. The van der Waals surface area contributed by atoms with Gasteiger partial charge in [-0.15, -0.1) is 11.3 Å². The van der Waals surface area contributed by atoms with Crippen molar-refractivity contribution in [3.05, 3.63) is 70.4 Å². The van der Waals surface area contributed by atoms with Gasteiger partial charge in [0.2, 0.25) is 0 Å². The largest absolute Gasteiger partial charge is 1.00 e. The highest BCUT2D eigenvalue weighted by atomic mass is 35.5. The monoisotopic (exact) mass is 288 g/mol. The van der Waals surface area contributed by atoms with Gasteiger partial charge >= 0.3 is 0 Å². The van der Waals surface area contributed by atoms with Gasteiger partial charge in [-0.1, -0.05) is 48.5 Å². The van der Waals surface area contributed by atoms with Crippen LogP contribution < -0.4 is 17.7 Å². The minimum atomic E-state index is 0. The second-order valence-corrected chi connectivity index (χ2v) is 5.35. The molecule has 3 heteroatoms. The van der Waals surface area contributed by atoms with E-state index in [1.807, 2.05) is 0 Å². The zero-order chi connectivity index (χ0) is 12.2. The molecule has 0 aliphatic rings. The topological polar surface area (TPSA) is 12.0 Å². The number of thiophene rings is 1. The Labute approximate surface area is 123 Å². The first-order valence-corrected chi connectivity index (χ1v) is 7.01. The minimum absolute atomic E-state index is 0. The predicted molar refractivity (Wildman–Crippen MR) is 78.8 cm³/mol. The number of fused-ring (bicyclic) bond motifs is 1. The van der Waals surface area contributed by atoms with Gasteiger partial charge in [-0.05, 0) is 27.8 Å². The van der Waals surface area contributed by atoms with Crippen molar-refractivity contribution in [1.82, 2.24) is 5.32 Å². The third-order valence-electron chi connectivity index (χ3n) is 3.07. The molecule has 0 aliphatic heterocycles. The van der Waals surface area contributed by atoms with E-state index < -0.39 is 0 Å². The fourth-order valence-electron chi connectivity index (χ4n) is 2.18. The number of nitrogens with one attached hydrogen (secondary N) is 1. The molecule has 1 aromatic heterocycles. The Kier molecular flexibility index (Phi) is 4.97. The molecule has 1 N–H and O–H groups in total. The van der Waals surface area contributed by atoms with Crippen molar-refractivity contribution in [2.24, 2.45) is 0 Å². The van der Waals surface area contributed by atoms with Crippen LogP contribution in [-0.2, 0) is 13.1 Å². The van der Waals surface area contributed by atoms with Crippen LogP contribution in [0.25, 0.3) is 10.8 Å². The molecule has 0 aliphatic carbocycles. The first-order valence-electron chi connectivity index (χ1n) is 6.13. The van der Waals surface area contributed by atoms with Crippen LogP contribution in [0.4, 0.5) is 0 Å². The van der Waals surface area contributed by atoms with Gasteiger partial charge < -0.3 is 17.7 Å². The van der Waals surface area contributed by atoms with Crippen molar-refractivity contribution in [3.8, 4) is 0 Å². The summed E-state index contributed by atoms with van der Waals surface area (Å²) in [5.74, 6) is 0. The average Bonchev–Trinajstić information content (AvgIpc) is 2.92. The predicted octanol–water partition coefficient (Wildman–Crippen LogP) is 1.20. The highest BCUT2D eigenvalue weighted by Crippen LogP contribution is 2.18. The van der Waals surface area contributed by atoms with Crippen LogP contribution >= 0.6 is 11.3 Å². The number of hydrogen-bond donors (Lipinski definition) is 1. The minimum Gasteiger partial charge on any atom is -1.00 e. The van der Waals surface area contributed by atoms with Gasteiger partial charge in [-0.2, -0.15) is 0 Å². The Morgan fingerprint density at radius 3 is 2.53 bits per heavy atom. The normalized spacial score (nSPS) is 10.3. The molecule has 0 unspecified atom stereocenters. The van der Waals surface area contributed by atoms with E-state index >= 15 is 0 Å². The molecule has 98 valence electrons. The first-order chi connectivity index (χ1) is 8.93. The van der Waals surface area contributed by atoms with Crippen LogP contribution in [0, 0.1) is 0 Å². The van der Waals surface area contributed by atoms with Crippen molar-refractivity contribution < 1.29 is 12.4 Å². The molecular formula is C16H15ClNS-. The number of halogens is 1. The molecule has 19 heavy (non-hydrogen) atoms. The summed E-state index contributed by atoms with van der Waals surface area (Å²) >= 11 is 1.80. The second kappa shape index (κ2) is 6.71. The third-order valence-corrected chi connectivity index (χ3v) is 3.95. The van der Waals surface area contributed by atoms with Gasteiger partial charge in [0.25, 0.3) is 0 Å². The van der Waals surface area contributed by atoms with E-state index in [4.69, 9.17) is 0 Å². The molecule has 1 nitrogen and oxygen atoms in total. The molecular weight excluding hydrogens is 274 g/mol. The zero-order valence-electron chi connectivity index (χ0n) is 10.5. The summed E-state index contributed by atoms with van der Waals surface area (Å²) in [5, 5.41) is 8.29. The van der Waals surface area contributed by atoms with Crippen LogP contribution in [0.15, 0.2) is 60.0 Å². The molecule has 3 rings (SSSR count). The van der Waals surface area contributed by atoms with Crippen LogP contribution in [0.1, 0.15) is 10.4 Å². The number of hydrogen-bond acceptors (Lipinski definition) is 2. The molecule has 0 radical (unpaired) electrons. The van der Waals surface area contributed by atoms with Crippen LogP contribution in [0.2, 0.25) is 0 Å². The summed E-state index contributed by atoms with van der Waals surface area (Å²) < 4.78 is 0. The lowest BCUT2D eigenvalue weighted by Crippen LogP contribution is -3.00. The molecule has 0 atom stereocenters. The molecule has 0 spiro atoms. The molecule has 2 aromatic carbocycles. The SMILES string of the molecule is [Cl-].c1csc(CNCc2cccc3ccccc23)c1. The lowest BCUT2D eigenvalue weighted by Gasteiger charge is -2.07. The van der Waals surface area contributed by atoms with Crippen molar-refractivity contribution >= 4 is 22.1 Å². The highest BCUT2D eigenvalue weighted by molar-refractivity contribution is 7.09. The summed E-state index contributed by atoms with van der Waals surface area (Å²) in [4.78, 5) is 1.38. The van der Waals surface area contributed by atoms with E-state index in [0.717, 1.165) is 13.1 Å². The standard InChI is InChI=1S/C16H15NS.ClH/c1-2-9-16-13(5-1)6-3-7-14(16)11-17-12-15-8-4-10-18-15;/h1-10,17H,11-12H2;1H/p-1. The van der Waals surface area contributed by atoms with E-state index in [9.17, 15) is 0 Å². The van der Waals surface area contributed by atoms with Gasteiger partial charge in [-0.3, -0.25) is 0 Å². The lowest BCUT2D eigenvalue weighted by molar-refractivity contribution is -0.00000346. The summed E-state index contributed by atoms with van der Waals surface area (Å²) in [6.07, 6.45) is 0. The quantitative estimate of drug-likeness (QED) is 0.761. The van der Waals surface area contributed by atoms with Crippen molar-refractivity contribution in [2.45, 2.75) is 13.1 Å². The maximum absolute atomic E-state index is 3.51. The van der Waals surface area contributed by atoms with Crippen molar-refractivity contribution in [3.63, 3.8) is 0 Å². The Bertz CT molecular complexity index is 629. The van der Waals surface area contributed by atoms with Gasteiger partial charge in [0.15, 0.2) is 0 Å². The number of benzene rings is 2. The van der Waals surface area contributed by atoms with Crippen LogP contribution in [0.5, 0.6) is 0 Å². The molecule has 0 amide bonds. The van der Waals surface area contributed by atoms with E-state index in [2.05, 4.69) is 65.3 Å². The Morgan fingerprint density at radius 2 is 1.68 bits per heavy atom. The van der Waals surface area contributed by atoms with Crippen molar-refractivity contribution in [1.29, 1.82) is 0 Å². The maximum Gasteiger partial charge on any atom is 0.0302 e. The summed E-state index contributed by atoms with van der Waals surface area (Å²) in [5.41, 5.74) is 1.37. The Hall–Kier alpha value is -1.35. The summed E-state index contributed by atoms with van der Waals surface area (Å²) in [7, 11) is 0. The van der Waals surface area contributed by atoms with E-state index in [1.54, 1.807) is 11.3 Å². The molecule has 1 heterocycles. The first kappa shape index (κ1) is 14.1. The van der Waals surface area contributed by atoms with E-state index in [-0.39, 0.29) is 12.4 Å². The summed E-state index contributed by atoms with van der Waals surface area (Å²) in [6, 6.07) is 19.3. The molecule has 3 aromatic rings. The van der Waals surface area contributed by atoms with Gasteiger partial charge in [0, 0.05) is 18.0 Å². The highest BCUT2D eigenvalue weighted by Gasteiger charge is 2.00. The van der Waals surface area contributed by atoms with Gasteiger partial charge in [0.05, 0.1) is 0 Å². The lowest BCUT2D eigenvalue weighted by atomic mass is 10.0. The fourth-order valence-corrected chi connectivity index (χ4v) is 2.85. The maximum atomic E-state index is 3.51. The van der Waals surface area contributed by atoms with Crippen molar-refractivity contribution in [2.75, 3.05) is 0 Å². The molecule has 0 saturated heterocycles. The third kappa shape index (κ3) is 3.35.